The Morgan fingerprint density at radius 3 is 2.54 bits per heavy atom. The number of aromatic nitrogens is 1. The van der Waals surface area contributed by atoms with Gasteiger partial charge in [0, 0.05) is 26.8 Å². The van der Waals surface area contributed by atoms with E-state index in [1.165, 1.54) is 5.56 Å². The monoisotopic (exact) mass is 426 g/mol. The van der Waals surface area contributed by atoms with Gasteiger partial charge in [-0.25, -0.2) is 4.98 Å². The predicted molar refractivity (Wildman–Crippen MR) is 112 cm³/mol. The number of ether oxygens (including phenoxy) is 1. The maximum absolute atomic E-state index is 6.17. The standard InChI is InChI=1S/C21H16BrClN2O/c1-26-16-7-9-19-18(11-16)21(17-8-6-15(23)10-20(17)25-19)24-12-13-2-4-14(22)5-3-13/h2-11H,12H2,1H3,(H,24,25). The fraction of sp³-hybridized carbons (Fsp3) is 0.0952. The summed E-state index contributed by atoms with van der Waals surface area (Å²) in [6.07, 6.45) is 0. The van der Waals surface area contributed by atoms with E-state index in [-0.39, 0.29) is 0 Å². The highest BCUT2D eigenvalue weighted by atomic mass is 79.9. The molecule has 0 saturated heterocycles. The molecule has 1 aromatic heterocycles. The molecular formula is C21H16BrClN2O. The highest BCUT2D eigenvalue weighted by Crippen LogP contribution is 2.34. The van der Waals surface area contributed by atoms with Gasteiger partial charge in [-0.1, -0.05) is 39.7 Å². The van der Waals surface area contributed by atoms with E-state index in [2.05, 4.69) is 33.4 Å². The highest BCUT2D eigenvalue weighted by Gasteiger charge is 2.11. The molecule has 0 unspecified atom stereocenters. The zero-order valence-electron chi connectivity index (χ0n) is 14.1. The van der Waals surface area contributed by atoms with Gasteiger partial charge in [-0.05, 0) is 54.1 Å². The maximum atomic E-state index is 6.17. The van der Waals surface area contributed by atoms with Gasteiger partial charge >= 0.3 is 0 Å². The molecule has 3 nitrogen and oxygen atoms in total. The Labute approximate surface area is 165 Å². The molecule has 0 fully saturated rings. The summed E-state index contributed by atoms with van der Waals surface area (Å²) in [5, 5.41) is 6.32. The topological polar surface area (TPSA) is 34.1 Å². The maximum Gasteiger partial charge on any atom is 0.119 e. The second-order valence-electron chi connectivity index (χ2n) is 6.01. The van der Waals surface area contributed by atoms with E-state index in [4.69, 9.17) is 21.3 Å². The molecule has 4 rings (SSSR count). The summed E-state index contributed by atoms with van der Waals surface area (Å²) in [7, 11) is 1.67. The van der Waals surface area contributed by atoms with E-state index in [1.54, 1.807) is 7.11 Å². The molecule has 0 aliphatic rings. The Balaban J connectivity index is 1.85. The molecule has 0 saturated carbocycles. The molecule has 0 amide bonds. The van der Waals surface area contributed by atoms with Crippen molar-refractivity contribution in [2.75, 3.05) is 12.4 Å². The lowest BCUT2D eigenvalue weighted by molar-refractivity contribution is 0.415. The molecule has 0 bridgehead atoms. The van der Waals surface area contributed by atoms with Crippen molar-refractivity contribution in [1.82, 2.24) is 4.98 Å². The van der Waals surface area contributed by atoms with Crippen LogP contribution in [-0.4, -0.2) is 12.1 Å². The Morgan fingerprint density at radius 2 is 1.77 bits per heavy atom. The lowest BCUT2D eigenvalue weighted by atomic mass is 10.1. The zero-order valence-corrected chi connectivity index (χ0v) is 16.4. The molecule has 5 heteroatoms. The van der Waals surface area contributed by atoms with Crippen LogP contribution in [-0.2, 0) is 6.54 Å². The Morgan fingerprint density at radius 1 is 0.962 bits per heavy atom. The van der Waals surface area contributed by atoms with Crippen LogP contribution >= 0.6 is 27.5 Å². The number of halogens is 2. The molecular weight excluding hydrogens is 412 g/mol. The van der Waals surface area contributed by atoms with Crippen LogP contribution in [0.25, 0.3) is 21.8 Å². The smallest absolute Gasteiger partial charge is 0.119 e. The number of hydrogen-bond acceptors (Lipinski definition) is 3. The molecule has 4 aromatic rings. The SMILES string of the molecule is COc1ccc2nc3cc(Cl)ccc3c(NCc3ccc(Br)cc3)c2c1. The molecule has 1 N–H and O–H groups in total. The van der Waals surface area contributed by atoms with Gasteiger partial charge in [0.05, 0.1) is 23.8 Å². The third-order valence-corrected chi connectivity index (χ3v) is 5.09. The van der Waals surface area contributed by atoms with Gasteiger partial charge in [0.15, 0.2) is 0 Å². The normalized spacial score (nSPS) is 11.0. The predicted octanol–water partition coefficient (Wildman–Crippen LogP) is 6.42. The van der Waals surface area contributed by atoms with Crippen LogP contribution in [0.4, 0.5) is 5.69 Å². The van der Waals surface area contributed by atoms with E-state index >= 15 is 0 Å². The molecule has 3 aromatic carbocycles. The number of nitrogens with one attached hydrogen (secondary N) is 1. The number of fused-ring (bicyclic) bond motifs is 2. The van der Waals surface area contributed by atoms with Gasteiger partial charge in [0.2, 0.25) is 0 Å². The van der Waals surface area contributed by atoms with Crippen molar-refractivity contribution < 1.29 is 4.74 Å². The summed E-state index contributed by atoms with van der Waals surface area (Å²) < 4.78 is 6.47. The van der Waals surface area contributed by atoms with Gasteiger partial charge < -0.3 is 10.1 Å². The van der Waals surface area contributed by atoms with Crippen molar-refractivity contribution >= 4 is 55.0 Å². The van der Waals surface area contributed by atoms with Gasteiger partial charge in [0.25, 0.3) is 0 Å². The number of pyridine rings is 1. The fourth-order valence-electron chi connectivity index (χ4n) is 3.01. The number of anilines is 1. The molecule has 0 atom stereocenters. The Hall–Kier alpha value is -2.30. The summed E-state index contributed by atoms with van der Waals surface area (Å²) in [5.74, 6) is 0.805. The largest absolute Gasteiger partial charge is 0.497 e. The first-order chi connectivity index (χ1) is 12.6. The Kier molecular flexibility index (Phi) is 4.70. The second kappa shape index (κ2) is 7.14. The zero-order chi connectivity index (χ0) is 18.1. The van der Waals surface area contributed by atoms with E-state index in [0.717, 1.165) is 37.7 Å². The highest BCUT2D eigenvalue weighted by molar-refractivity contribution is 9.10. The first-order valence-corrected chi connectivity index (χ1v) is 9.36. The van der Waals surface area contributed by atoms with Crippen molar-refractivity contribution in [1.29, 1.82) is 0 Å². The number of nitrogens with zero attached hydrogens (tertiary/aromatic N) is 1. The van der Waals surface area contributed by atoms with Crippen molar-refractivity contribution in [2.24, 2.45) is 0 Å². The average Bonchev–Trinajstić information content (AvgIpc) is 2.66. The molecule has 0 radical (unpaired) electrons. The fourth-order valence-corrected chi connectivity index (χ4v) is 3.44. The van der Waals surface area contributed by atoms with E-state index in [0.29, 0.717) is 11.6 Å². The second-order valence-corrected chi connectivity index (χ2v) is 7.36. The van der Waals surface area contributed by atoms with E-state index in [1.807, 2.05) is 48.5 Å². The van der Waals surface area contributed by atoms with Gasteiger partial charge in [-0.3, -0.25) is 0 Å². The average molecular weight is 428 g/mol. The molecule has 26 heavy (non-hydrogen) atoms. The summed E-state index contributed by atoms with van der Waals surface area (Å²) >= 11 is 9.65. The molecule has 130 valence electrons. The number of hydrogen-bond donors (Lipinski definition) is 1. The van der Waals surface area contributed by atoms with Crippen LogP contribution in [0.3, 0.4) is 0 Å². The Bertz CT molecular complexity index is 1100. The van der Waals surface area contributed by atoms with Crippen molar-refractivity contribution in [3.63, 3.8) is 0 Å². The quantitative estimate of drug-likeness (QED) is 0.381. The van der Waals surface area contributed by atoms with Crippen molar-refractivity contribution in [3.05, 3.63) is 75.7 Å². The summed E-state index contributed by atoms with van der Waals surface area (Å²) in [6.45, 7) is 0.710. The van der Waals surface area contributed by atoms with Gasteiger partial charge in [0.1, 0.15) is 5.75 Å². The molecule has 0 aliphatic heterocycles. The summed E-state index contributed by atoms with van der Waals surface area (Å²) in [4.78, 5) is 4.75. The molecule has 1 heterocycles. The minimum absolute atomic E-state index is 0.678. The molecule has 0 spiro atoms. The van der Waals surface area contributed by atoms with Crippen LogP contribution in [0.15, 0.2) is 65.1 Å². The van der Waals surface area contributed by atoms with Crippen molar-refractivity contribution in [2.45, 2.75) is 6.54 Å². The summed E-state index contributed by atoms with van der Waals surface area (Å²) in [6, 6.07) is 20.0. The van der Waals surface area contributed by atoms with Crippen LogP contribution < -0.4 is 10.1 Å². The first-order valence-electron chi connectivity index (χ1n) is 8.19. The third-order valence-electron chi connectivity index (χ3n) is 4.33. The van der Waals surface area contributed by atoms with Crippen LogP contribution in [0.1, 0.15) is 5.56 Å². The number of methoxy groups -OCH3 is 1. The van der Waals surface area contributed by atoms with Gasteiger partial charge in [-0.2, -0.15) is 0 Å². The number of benzene rings is 3. The van der Waals surface area contributed by atoms with Crippen LogP contribution in [0.5, 0.6) is 5.75 Å². The van der Waals surface area contributed by atoms with E-state index in [9.17, 15) is 0 Å². The third kappa shape index (κ3) is 3.35. The lowest BCUT2D eigenvalue weighted by Crippen LogP contribution is -2.02. The number of rotatable bonds is 4. The van der Waals surface area contributed by atoms with Gasteiger partial charge in [-0.15, -0.1) is 0 Å². The van der Waals surface area contributed by atoms with Crippen LogP contribution in [0.2, 0.25) is 5.02 Å². The minimum atomic E-state index is 0.678. The van der Waals surface area contributed by atoms with Crippen LogP contribution in [0, 0.1) is 0 Å². The summed E-state index contributed by atoms with van der Waals surface area (Å²) in [5.41, 5.74) is 4.00. The minimum Gasteiger partial charge on any atom is -0.497 e. The van der Waals surface area contributed by atoms with Crippen molar-refractivity contribution in [3.8, 4) is 5.75 Å². The first kappa shape index (κ1) is 17.1. The van der Waals surface area contributed by atoms with E-state index < -0.39 is 0 Å². The molecule has 0 aliphatic carbocycles. The lowest BCUT2D eigenvalue weighted by Gasteiger charge is -2.14.